The number of rotatable bonds is 8. The Labute approximate surface area is 170 Å². The number of hydrogen-bond acceptors (Lipinski definition) is 4. The van der Waals surface area contributed by atoms with Crippen molar-refractivity contribution in [2.24, 2.45) is 0 Å². The first kappa shape index (κ1) is 19.6. The third-order valence-corrected chi connectivity index (χ3v) is 6.78. The largest absolute Gasteiger partial charge is 0.493 e. The number of hydrogen-bond donors (Lipinski definition) is 0. The molecule has 0 N–H and O–H groups in total. The average molecular weight is 385 g/mol. The van der Waals surface area contributed by atoms with Crippen LogP contribution in [0.2, 0.25) is 0 Å². The Morgan fingerprint density at radius 2 is 1.96 bits per heavy atom. The molecular weight excluding hydrogens is 348 g/mol. The summed E-state index contributed by atoms with van der Waals surface area (Å²) in [5.74, 6) is 1.75. The first-order valence-corrected chi connectivity index (χ1v) is 11.3. The highest BCUT2D eigenvalue weighted by Crippen LogP contribution is 2.45. The Balaban J connectivity index is 1.53. The van der Waals surface area contributed by atoms with Gasteiger partial charge in [-0.25, -0.2) is 0 Å². The van der Waals surface area contributed by atoms with Gasteiger partial charge in [0.15, 0.2) is 11.5 Å². The second kappa shape index (κ2) is 8.77. The molecule has 1 aromatic rings. The van der Waals surface area contributed by atoms with E-state index in [2.05, 4.69) is 41.9 Å². The molecule has 0 radical (unpaired) electrons. The van der Waals surface area contributed by atoms with Gasteiger partial charge in [-0.3, -0.25) is 0 Å². The average Bonchev–Trinajstić information content (AvgIpc) is 3.39. The maximum absolute atomic E-state index is 6.23. The molecule has 1 saturated carbocycles. The summed E-state index contributed by atoms with van der Waals surface area (Å²) in [5.41, 5.74) is 4.20. The van der Waals surface area contributed by atoms with E-state index in [9.17, 15) is 0 Å². The van der Waals surface area contributed by atoms with Crippen molar-refractivity contribution in [2.75, 3.05) is 38.3 Å². The van der Waals surface area contributed by atoms with Gasteiger partial charge in [-0.15, -0.1) is 0 Å². The Bertz CT molecular complexity index is 709. The summed E-state index contributed by atoms with van der Waals surface area (Å²) in [6, 6.07) is 5.52. The molecule has 4 nitrogen and oxygen atoms in total. The Morgan fingerprint density at radius 1 is 1.14 bits per heavy atom. The van der Waals surface area contributed by atoms with Gasteiger partial charge in [0.05, 0.1) is 19.8 Å². The molecular formula is C24H36N2O2. The van der Waals surface area contributed by atoms with Crippen LogP contribution in [0.4, 0.5) is 5.69 Å². The number of nitrogens with zero attached hydrogens (tertiary/aromatic N) is 2. The van der Waals surface area contributed by atoms with Crippen LogP contribution in [0, 0.1) is 0 Å². The SMILES string of the molecule is CCC(C)N1c2cc(OCCCN3CCCC3)c(OC)cc2C=C2CCCC21. The van der Waals surface area contributed by atoms with E-state index < -0.39 is 0 Å². The van der Waals surface area contributed by atoms with E-state index >= 15 is 0 Å². The van der Waals surface area contributed by atoms with Crippen LogP contribution < -0.4 is 14.4 Å². The molecule has 0 aromatic heterocycles. The van der Waals surface area contributed by atoms with Gasteiger partial charge >= 0.3 is 0 Å². The third kappa shape index (κ3) is 3.89. The normalized spacial score (nSPS) is 22.6. The van der Waals surface area contributed by atoms with Gasteiger partial charge in [-0.2, -0.15) is 0 Å². The Morgan fingerprint density at radius 3 is 2.71 bits per heavy atom. The van der Waals surface area contributed by atoms with Gasteiger partial charge < -0.3 is 19.3 Å². The fraction of sp³-hybridized carbons (Fsp3) is 0.667. The predicted molar refractivity (Wildman–Crippen MR) is 117 cm³/mol. The Hall–Kier alpha value is -1.68. The summed E-state index contributed by atoms with van der Waals surface area (Å²) in [4.78, 5) is 5.19. The first-order valence-electron chi connectivity index (χ1n) is 11.3. The summed E-state index contributed by atoms with van der Waals surface area (Å²) in [7, 11) is 1.75. The molecule has 1 aromatic carbocycles. The highest BCUT2D eigenvalue weighted by atomic mass is 16.5. The van der Waals surface area contributed by atoms with E-state index in [1.165, 1.54) is 56.4 Å². The highest BCUT2D eigenvalue weighted by Gasteiger charge is 2.34. The molecule has 154 valence electrons. The van der Waals surface area contributed by atoms with Crippen molar-refractivity contribution < 1.29 is 9.47 Å². The molecule has 2 heterocycles. The molecule has 2 unspecified atom stereocenters. The molecule has 0 bridgehead atoms. The Kier molecular flexibility index (Phi) is 6.15. The molecule has 2 fully saturated rings. The molecule has 4 rings (SSSR count). The van der Waals surface area contributed by atoms with Crippen LogP contribution >= 0.6 is 0 Å². The highest BCUT2D eigenvalue weighted by molar-refractivity contribution is 5.78. The summed E-state index contributed by atoms with van der Waals surface area (Å²) >= 11 is 0. The zero-order chi connectivity index (χ0) is 19.5. The third-order valence-electron chi connectivity index (χ3n) is 6.78. The first-order chi connectivity index (χ1) is 13.7. The standard InChI is InChI=1S/C24H36N2O2/c1-4-18(2)26-21-10-7-9-19(21)15-20-16-23(27-3)24(17-22(20)26)28-14-8-13-25-11-5-6-12-25/h15-18,21H,4-14H2,1-3H3. The van der Waals surface area contributed by atoms with Crippen molar-refractivity contribution >= 4 is 11.8 Å². The fourth-order valence-corrected chi connectivity index (χ4v) is 5.10. The number of anilines is 1. The van der Waals surface area contributed by atoms with Crippen molar-refractivity contribution in [2.45, 2.75) is 70.9 Å². The number of ether oxygens (including phenoxy) is 2. The van der Waals surface area contributed by atoms with E-state index in [4.69, 9.17) is 9.47 Å². The van der Waals surface area contributed by atoms with Crippen LogP contribution in [0.1, 0.15) is 64.4 Å². The van der Waals surface area contributed by atoms with Crippen molar-refractivity contribution in [3.8, 4) is 11.5 Å². The van der Waals surface area contributed by atoms with E-state index in [1.807, 2.05) is 0 Å². The number of benzene rings is 1. The molecule has 2 atom stereocenters. The van der Waals surface area contributed by atoms with E-state index in [-0.39, 0.29) is 0 Å². The summed E-state index contributed by atoms with van der Waals surface area (Å²) in [5, 5.41) is 0. The zero-order valence-electron chi connectivity index (χ0n) is 17.9. The summed E-state index contributed by atoms with van der Waals surface area (Å²) < 4.78 is 11.9. The van der Waals surface area contributed by atoms with Crippen LogP contribution in [-0.4, -0.2) is 50.3 Å². The number of likely N-dealkylation sites (tertiary alicyclic amines) is 1. The minimum Gasteiger partial charge on any atom is -0.493 e. The lowest BCUT2D eigenvalue weighted by Gasteiger charge is -2.41. The molecule has 0 spiro atoms. The second-order valence-electron chi connectivity index (χ2n) is 8.60. The van der Waals surface area contributed by atoms with Crippen LogP contribution in [0.3, 0.4) is 0 Å². The lowest BCUT2D eigenvalue weighted by molar-refractivity contribution is 0.254. The van der Waals surface area contributed by atoms with E-state index in [0.29, 0.717) is 12.1 Å². The quantitative estimate of drug-likeness (QED) is 0.581. The van der Waals surface area contributed by atoms with Gasteiger partial charge in [0.2, 0.25) is 0 Å². The van der Waals surface area contributed by atoms with Gasteiger partial charge in [0.1, 0.15) is 0 Å². The maximum Gasteiger partial charge on any atom is 0.163 e. The lowest BCUT2D eigenvalue weighted by atomic mass is 9.94. The number of fused-ring (bicyclic) bond motifs is 2. The van der Waals surface area contributed by atoms with Crippen LogP contribution in [-0.2, 0) is 0 Å². The summed E-state index contributed by atoms with van der Waals surface area (Å²) in [6.07, 6.45) is 11.1. The maximum atomic E-state index is 6.23. The molecule has 3 aliphatic rings. The lowest BCUT2D eigenvalue weighted by Crippen LogP contribution is -2.43. The van der Waals surface area contributed by atoms with Gasteiger partial charge in [0, 0.05) is 29.9 Å². The number of methoxy groups -OCH3 is 1. The second-order valence-corrected chi connectivity index (χ2v) is 8.60. The van der Waals surface area contributed by atoms with E-state index in [1.54, 1.807) is 12.7 Å². The van der Waals surface area contributed by atoms with Crippen LogP contribution in [0.15, 0.2) is 17.7 Å². The van der Waals surface area contributed by atoms with Gasteiger partial charge in [-0.1, -0.05) is 13.0 Å². The molecule has 4 heteroatoms. The summed E-state index contributed by atoms with van der Waals surface area (Å²) in [6.45, 7) is 9.03. The molecule has 28 heavy (non-hydrogen) atoms. The fourth-order valence-electron chi connectivity index (χ4n) is 5.10. The van der Waals surface area contributed by atoms with Gasteiger partial charge in [-0.05, 0) is 76.6 Å². The smallest absolute Gasteiger partial charge is 0.163 e. The van der Waals surface area contributed by atoms with Crippen molar-refractivity contribution in [3.63, 3.8) is 0 Å². The molecule has 1 aliphatic carbocycles. The van der Waals surface area contributed by atoms with Crippen molar-refractivity contribution in [1.29, 1.82) is 0 Å². The van der Waals surface area contributed by atoms with Gasteiger partial charge in [0.25, 0.3) is 0 Å². The van der Waals surface area contributed by atoms with Crippen molar-refractivity contribution in [3.05, 3.63) is 23.3 Å². The zero-order valence-corrected chi connectivity index (χ0v) is 17.9. The molecule has 0 amide bonds. The van der Waals surface area contributed by atoms with Crippen LogP contribution in [0.5, 0.6) is 11.5 Å². The minimum absolute atomic E-state index is 0.530. The van der Waals surface area contributed by atoms with E-state index in [0.717, 1.165) is 37.5 Å². The molecule has 1 saturated heterocycles. The minimum atomic E-state index is 0.530. The molecule has 2 aliphatic heterocycles. The van der Waals surface area contributed by atoms with Crippen LogP contribution in [0.25, 0.3) is 6.08 Å². The monoisotopic (exact) mass is 384 g/mol. The van der Waals surface area contributed by atoms with Crippen molar-refractivity contribution in [1.82, 2.24) is 4.90 Å². The topological polar surface area (TPSA) is 24.9 Å². The predicted octanol–water partition coefficient (Wildman–Crippen LogP) is 5.11.